The number of aromatic hydroxyl groups is 1. The maximum absolute atomic E-state index is 12.5. The molecule has 0 bridgehead atoms. The van der Waals surface area contributed by atoms with E-state index in [1.807, 2.05) is 0 Å². The van der Waals surface area contributed by atoms with E-state index in [4.69, 9.17) is 11.6 Å². The number of halogens is 1. The number of carbonyl (C=O) groups is 1. The van der Waals surface area contributed by atoms with Crippen molar-refractivity contribution in [1.82, 2.24) is 20.4 Å². The summed E-state index contributed by atoms with van der Waals surface area (Å²) < 4.78 is 171. The third-order valence-corrected chi connectivity index (χ3v) is 12.9. The highest BCUT2D eigenvalue weighted by Crippen LogP contribution is 2.40. The monoisotopic (exact) mass is 1030 g/mol. The van der Waals surface area contributed by atoms with Gasteiger partial charge in [-0.15, -0.1) is 5.11 Å². The molecule has 1 heterocycles. The lowest BCUT2D eigenvalue weighted by Crippen LogP contribution is -2.27. The Bertz CT molecular complexity index is 3580. The van der Waals surface area contributed by atoms with Crippen molar-refractivity contribution in [1.29, 1.82) is 0 Å². The Kier molecular flexibility index (Phi) is 13.3. The number of hydrazine groups is 1. The Labute approximate surface area is 376 Å². The van der Waals surface area contributed by atoms with Gasteiger partial charge >= 0.3 is 5.97 Å². The maximum Gasteiger partial charge on any atom is 0.337 e. The van der Waals surface area contributed by atoms with Crippen LogP contribution in [0.1, 0.15) is 22.1 Å². The molecule has 5 aromatic carbocycles. The normalized spacial score (nSPS) is 13.1. The average Bonchev–Trinajstić information content (AvgIpc) is 3.19. The third kappa shape index (κ3) is 11.4. The predicted molar refractivity (Wildman–Crippen MR) is 226 cm³/mol. The highest BCUT2D eigenvalue weighted by atomic mass is 35.5. The van der Waals surface area contributed by atoms with Gasteiger partial charge in [-0.05, 0) is 77.1 Å². The Morgan fingerprint density at radius 1 is 0.606 bits per heavy atom. The standard InChI is InChI=1S/C33H26ClN9O18S5/c34-31-37-32(35-23-11-18(63(50,51)52)8-16-9-19(64(53,54)55)14-26(27(16)23)66(59,60)61)39-33(38-31)36-24-12-20(65(56,57)58)13-25(28(24)44)41-43-29(15-4-2-1-3-5-15)42-40-22-10-17(62(47,48)49)6-7-21(22)30(45)46/h1-14,29,40,42,44H,(H,45,46)(H,47,48,49)(H,50,51,52)(H,53,54,55)(H,56,57,58)(H,59,60,61)(H2,35,36,37,38,39). The molecule has 33 heteroatoms. The molecule has 1 atom stereocenters. The van der Waals surface area contributed by atoms with Gasteiger partial charge in [-0.25, -0.2) is 10.2 Å². The molecule has 0 aliphatic heterocycles. The Morgan fingerprint density at radius 2 is 1.12 bits per heavy atom. The number of phenols is 1. The summed E-state index contributed by atoms with van der Waals surface area (Å²) in [4.78, 5) is 18.5. The van der Waals surface area contributed by atoms with E-state index in [-0.39, 0.29) is 11.3 Å². The lowest BCUT2D eigenvalue weighted by molar-refractivity contribution is 0.0697. The molecule has 0 saturated heterocycles. The SMILES string of the molecule is O=C(O)c1ccc(S(=O)(=O)O)cc1NNC(N=Nc1cc(S(=O)(=O)O)cc(Nc2nc(Cl)nc(Nc3cc(S(=O)(=O)O)cc4cc(S(=O)(=O)O)cc(S(=O)(=O)O)c34)n2)c1O)c1ccccc1. The van der Waals surface area contributed by atoms with Crippen LogP contribution < -0.4 is 21.5 Å². The second-order valence-corrected chi connectivity index (χ2v) is 20.4. The second-order valence-electron chi connectivity index (χ2n) is 13.0. The molecule has 0 radical (unpaired) electrons. The zero-order chi connectivity index (χ0) is 48.7. The zero-order valence-corrected chi connectivity index (χ0v) is 36.8. The predicted octanol–water partition coefficient (Wildman–Crippen LogP) is 4.20. The van der Waals surface area contributed by atoms with Crippen LogP contribution in [-0.2, 0) is 50.6 Å². The van der Waals surface area contributed by atoms with Crippen molar-refractivity contribution < 1.29 is 79.9 Å². The number of fused-ring (bicyclic) bond motifs is 1. The number of hydrogen-bond donors (Lipinski definition) is 11. The summed E-state index contributed by atoms with van der Waals surface area (Å²) in [5.41, 5.74) is 2.49. The van der Waals surface area contributed by atoms with E-state index in [0.29, 0.717) is 36.4 Å². The van der Waals surface area contributed by atoms with Gasteiger partial charge in [-0.3, -0.25) is 22.8 Å². The summed E-state index contributed by atoms with van der Waals surface area (Å²) in [6.07, 6.45) is -1.38. The van der Waals surface area contributed by atoms with Crippen molar-refractivity contribution >= 4 is 114 Å². The number of carboxylic acid groups (broad SMARTS) is 1. The molecule has 0 aliphatic carbocycles. The number of anilines is 5. The first-order valence-electron chi connectivity index (χ1n) is 17.2. The maximum atomic E-state index is 12.5. The molecule has 11 N–H and O–H groups in total. The molecule has 1 aromatic heterocycles. The largest absolute Gasteiger partial charge is 0.504 e. The first kappa shape index (κ1) is 48.9. The summed E-state index contributed by atoms with van der Waals surface area (Å²) in [5, 5.41) is 31.7. The van der Waals surface area contributed by atoms with Crippen molar-refractivity contribution in [3.8, 4) is 5.75 Å². The number of rotatable bonds is 16. The number of nitrogens with one attached hydrogen (secondary N) is 4. The number of azo groups is 1. The topological polar surface area (TPSA) is 441 Å². The van der Waals surface area contributed by atoms with Crippen molar-refractivity contribution in [3.05, 3.63) is 101 Å². The third-order valence-electron chi connectivity index (χ3n) is 8.55. The molecule has 0 spiro atoms. The second kappa shape index (κ2) is 18.0. The van der Waals surface area contributed by atoms with E-state index >= 15 is 0 Å². The van der Waals surface area contributed by atoms with Gasteiger partial charge < -0.3 is 26.3 Å². The van der Waals surface area contributed by atoms with Gasteiger partial charge in [0.25, 0.3) is 50.6 Å². The lowest BCUT2D eigenvalue weighted by atomic mass is 10.1. The zero-order valence-electron chi connectivity index (χ0n) is 31.9. The molecule has 6 rings (SSSR count). The number of carboxylic acids is 1. The molecule has 27 nitrogen and oxygen atoms in total. The minimum atomic E-state index is -5.40. The van der Waals surface area contributed by atoms with Gasteiger partial charge in [-0.2, -0.15) is 62.2 Å². The van der Waals surface area contributed by atoms with Gasteiger partial charge in [0.2, 0.25) is 17.2 Å². The van der Waals surface area contributed by atoms with Crippen molar-refractivity contribution in [3.63, 3.8) is 0 Å². The fraction of sp³-hybridized carbons (Fsp3) is 0.0303. The van der Waals surface area contributed by atoms with Crippen LogP contribution in [0, 0.1) is 0 Å². The summed E-state index contributed by atoms with van der Waals surface area (Å²) in [6.45, 7) is 0. The van der Waals surface area contributed by atoms with Crippen LogP contribution >= 0.6 is 11.6 Å². The Hall–Kier alpha value is -6.56. The summed E-state index contributed by atoms with van der Waals surface area (Å²) >= 11 is 6.10. The molecular weight excluding hydrogens is 1010 g/mol. The Morgan fingerprint density at radius 3 is 1.67 bits per heavy atom. The van der Waals surface area contributed by atoms with E-state index in [2.05, 4.69) is 46.7 Å². The lowest BCUT2D eigenvalue weighted by Gasteiger charge is -2.18. The van der Waals surface area contributed by atoms with Gasteiger partial charge in [0.15, 0.2) is 11.9 Å². The average molecular weight is 1030 g/mol. The Balaban J connectivity index is 1.42. The van der Waals surface area contributed by atoms with Crippen LogP contribution in [0.15, 0.2) is 120 Å². The first-order chi connectivity index (χ1) is 30.5. The molecule has 0 saturated carbocycles. The minimum Gasteiger partial charge on any atom is -0.504 e. The number of aromatic nitrogens is 3. The van der Waals surface area contributed by atoms with Gasteiger partial charge in [0, 0.05) is 5.39 Å². The number of nitrogens with zero attached hydrogens (tertiary/aromatic N) is 5. The van der Waals surface area contributed by atoms with Gasteiger partial charge in [0.1, 0.15) is 10.6 Å². The molecule has 6 aromatic rings. The summed E-state index contributed by atoms with van der Waals surface area (Å²) in [7, 11) is -25.7. The number of hydrogen-bond acceptors (Lipinski definition) is 21. The van der Waals surface area contributed by atoms with Crippen LogP contribution in [-0.4, -0.2) is 96.0 Å². The quantitative estimate of drug-likeness (QED) is 0.0280. The van der Waals surface area contributed by atoms with Gasteiger partial charge in [0.05, 0.1) is 42.2 Å². The van der Waals surface area contributed by atoms with E-state index in [0.717, 1.165) is 18.2 Å². The number of benzene rings is 5. The summed E-state index contributed by atoms with van der Waals surface area (Å²) in [5.74, 6) is -3.84. The number of phenolic OH excluding ortho intramolecular Hbond substituents is 1. The van der Waals surface area contributed by atoms with Crippen LogP contribution in [0.5, 0.6) is 5.75 Å². The smallest absolute Gasteiger partial charge is 0.337 e. The molecule has 348 valence electrons. The van der Waals surface area contributed by atoms with Crippen LogP contribution in [0.25, 0.3) is 10.8 Å². The molecule has 66 heavy (non-hydrogen) atoms. The molecule has 0 amide bonds. The highest BCUT2D eigenvalue weighted by Gasteiger charge is 2.26. The molecule has 0 aliphatic rings. The first-order valence-corrected chi connectivity index (χ1v) is 24.7. The molecule has 1 unspecified atom stereocenters. The van der Waals surface area contributed by atoms with E-state index in [1.165, 1.54) is 12.1 Å². The highest BCUT2D eigenvalue weighted by molar-refractivity contribution is 7.87. The molecule has 0 fully saturated rings. The molecular formula is C33H26ClN9O18S5. The van der Waals surface area contributed by atoms with Crippen LogP contribution in [0.2, 0.25) is 5.28 Å². The van der Waals surface area contributed by atoms with E-state index in [9.17, 15) is 79.9 Å². The van der Waals surface area contributed by atoms with E-state index in [1.54, 1.807) is 18.2 Å². The van der Waals surface area contributed by atoms with E-state index < -0.39 is 144 Å². The fourth-order valence-electron chi connectivity index (χ4n) is 5.69. The van der Waals surface area contributed by atoms with Crippen molar-refractivity contribution in [2.45, 2.75) is 30.6 Å². The van der Waals surface area contributed by atoms with Crippen LogP contribution in [0.3, 0.4) is 0 Å². The minimum absolute atomic E-state index is 0.276. The van der Waals surface area contributed by atoms with Gasteiger partial charge in [-0.1, -0.05) is 30.3 Å². The number of aromatic carboxylic acids is 1. The van der Waals surface area contributed by atoms with Crippen LogP contribution in [0.4, 0.5) is 34.6 Å². The summed E-state index contributed by atoms with van der Waals surface area (Å²) in [6, 6.07) is 13.6. The van der Waals surface area contributed by atoms with Crippen molar-refractivity contribution in [2.75, 3.05) is 16.1 Å². The van der Waals surface area contributed by atoms with Crippen molar-refractivity contribution in [2.24, 2.45) is 10.2 Å². The fourth-order valence-corrected chi connectivity index (χ4v) is 8.81.